The summed E-state index contributed by atoms with van der Waals surface area (Å²) in [5, 5.41) is 3.07. The maximum atomic E-state index is 12.3. The third-order valence-corrected chi connectivity index (χ3v) is 6.09. The number of hydrogen-bond acceptors (Lipinski definition) is 2. The molecule has 19 heavy (non-hydrogen) atoms. The molecule has 0 aliphatic rings. The number of benzene rings is 1. The summed E-state index contributed by atoms with van der Waals surface area (Å²) in [6, 6.07) is 3.89. The molecule has 0 aliphatic carbocycles. The maximum Gasteiger partial charge on any atom is 0.264 e. The number of anilines is 1. The van der Waals surface area contributed by atoms with Crippen LogP contribution in [0.3, 0.4) is 0 Å². The SMILES string of the molecule is COc1cc(C)c(NC(=O)C(C)[P+](C)(C)C)c(C)c1. The molecule has 0 spiro atoms. The van der Waals surface area contributed by atoms with E-state index >= 15 is 0 Å². The largest absolute Gasteiger partial charge is 0.497 e. The number of carbonyl (C=O) groups excluding carboxylic acids is 1. The van der Waals surface area contributed by atoms with E-state index in [2.05, 4.69) is 25.3 Å². The quantitative estimate of drug-likeness (QED) is 0.858. The van der Waals surface area contributed by atoms with Gasteiger partial charge < -0.3 is 10.1 Å². The van der Waals surface area contributed by atoms with Gasteiger partial charge in [0.05, 0.1) is 7.11 Å². The predicted molar refractivity (Wildman–Crippen MR) is 85.3 cm³/mol. The molecule has 1 amide bonds. The molecule has 1 atom stereocenters. The lowest BCUT2D eigenvalue weighted by Gasteiger charge is -2.21. The Hall–Kier alpha value is -1.08. The molecule has 3 nitrogen and oxygen atoms in total. The van der Waals surface area contributed by atoms with Gasteiger partial charge in [-0.2, -0.15) is 0 Å². The highest BCUT2D eigenvalue weighted by molar-refractivity contribution is 7.75. The van der Waals surface area contributed by atoms with Crippen molar-refractivity contribution in [2.75, 3.05) is 32.4 Å². The van der Waals surface area contributed by atoms with Gasteiger partial charge in [-0.3, -0.25) is 4.79 Å². The highest BCUT2D eigenvalue weighted by Gasteiger charge is 2.33. The van der Waals surface area contributed by atoms with Crippen molar-refractivity contribution in [1.29, 1.82) is 0 Å². The molecule has 4 heteroatoms. The van der Waals surface area contributed by atoms with Crippen molar-refractivity contribution in [1.82, 2.24) is 0 Å². The fourth-order valence-electron chi connectivity index (χ4n) is 1.82. The molecule has 0 fully saturated rings. The molecule has 0 saturated carbocycles. The monoisotopic (exact) mass is 282 g/mol. The molecule has 0 heterocycles. The van der Waals surface area contributed by atoms with E-state index in [0.29, 0.717) is 0 Å². The van der Waals surface area contributed by atoms with Crippen LogP contribution in [0.25, 0.3) is 0 Å². The van der Waals surface area contributed by atoms with Gasteiger partial charge in [-0.15, -0.1) is 0 Å². The van der Waals surface area contributed by atoms with Crippen LogP contribution in [-0.2, 0) is 4.79 Å². The van der Waals surface area contributed by atoms with E-state index in [9.17, 15) is 4.79 Å². The van der Waals surface area contributed by atoms with Gasteiger partial charge in [-0.05, 0) is 44.0 Å². The van der Waals surface area contributed by atoms with Crippen LogP contribution in [0.15, 0.2) is 12.1 Å². The van der Waals surface area contributed by atoms with Crippen molar-refractivity contribution >= 4 is 18.9 Å². The van der Waals surface area contributed by atoms with Gasteiger partial charge in [-0.1, -0.05) is 0 Å². The first-order valence-electron chi connectivity index (χ1n) is 6.44. The second-order valence-electron chi connectivity index (χ2n) is 5.92. The Morgan fingerprint density at radius 2 is 1.68 bits per heavy atom. The number of hydrogen-bond donors (Lipinski definition) is 1. The number of amides is 1. The lowest BCUT2D eigenvalue weighted by atomic mass is 10.1. The Kier molecular flexibility index (Phi) is 4.98. The van der Waals surface area contributed by atoms with Crippen LogP contribution in [0.2, 0.25) is 0 Å². The number of aryl methyl sites for hydroxylation is 2. The normalized spacial score (nSPS) is 13.0. The van der Waals surface area contributed by atoms with Gasteiger partial charge in [0, 0.05) is 32.9 Å². The first kappa shape index (κ1) is 16.0. The van der Waals surface area contributed by atoms with Crippen LogP contribution in [-0.4, -0.2) is 38.7 Å². The molecule has 0 aliphatic heterocycles. The Labute approximate surface area is 117 Å². The van der Waals surface area contributed by atoms with E-state index in [0.717, 1.165) is 22.6 Å². The molecule has 0 radical (unpaired) electrons. The van der Waals surface area contributed by atoms with E-state index in [-0.39, 0.29) is 11.6 Å². The summed E-state index contributed by atoms with van der Waals surface area (Å²) in [6.45, 7) is 12.5. The molecule has 1 N–H and O–H groups in total. The average molecular weight is 282 g/mol. The van der Waals surface area contributed by atoms with Crippen molar-refractivity contribution in [3.63, 3.8) is 0 Å². The zero-order valence-electron chi connectivity index (χ0n) is 13.0. The minimum atomic E-state index is -1.18. The Bertz CT molecular complexity index is 455. The Balaban J connectivity index is 2.98. The van der Waals surface area contributed by atoms with Crippen LogP contribution in [0.4, 0.5) is 5.69 Å². The molecule has 1 aromatic carbocycles. The molecule has 0 saturated heterocycles. The Morgan fingerprint density at radius 3 is 2.05 bits per heavy atom. The van der Waals surface area contributed by atoms with E-state index in [1.54, 1.807) is 7.11 Å². The van der Waals surface area contributed by atoms with Gasteiger partial charge in [0.2, 0.25) is 0 Å². The van der Waals surface area contributed by atoms with Crippen LogP contribution in [0.5, 0.6) is 5.75 Å². The van der Waals surface area contributed by atoms with Gasteiger partial charge in [0.1, 0.15) is 11.4 Å². The second-order valence-corrected chi connectivity index (χ2v) is 10.9. The van der Waals surface area contributed by atoms with Crippen molar-refractivity contribution in [2.24, 2.45) is 0 Å². The molecular weight excluding hydrogens is 257 g/mol. The van der Waals surface area contributed by atoms with Crippen molar-refractivity contribution in [3.8, 4) is 5.75 Å². The number of methoxy groups -OCH3 is 1. The molecule has 0 bridgehead atoms. The minimum Gasteiger partial charge on any atom is -0.497 e. The van der Waals surface area contributed by atoms with Crippen molar-refractivity contribution in [2.45, 2.75) is 26.4 Å². The standard InChI is InChI=1S/C15H24NO2P/c1-10-8-13(18-4)9-11(2)14(10)16-15(17)12(3)19(5,6)7/h8-9,12H,1-7H3/p+1. The maximum absolute atomic E-state index is 12.3. The van der Waals surface area contributed by atoms with E-state index in [1.807, 2.05) is 32.9 Å². The smallest absolute Gasteiger partial charge is 0.264 e. The van der Waals surface area contributed by atoms with E-state index in [4.69, 9.17) is 4.74 Å². The summed E-state index contributed by atoms with van der Waals surface area (Å²) in [5.41, 5.74) is 3.04. The molecule has 106 valence electrons. The number of carbonyl (C=O) groups is 1. The molecule has 1 unspecified atom stereocenters. The molecular formula is C15H25NO2P+. The zero-order chi connectivity index (χ0) is 14.8. The highest BCUT2D eigenvalue weighted by atomic mass is 31.2. The first-order chi connectivity index (χ1) is 8.66. The van der Waals surface area contributed by atoms with Gasteiger partial charge in [0.15, 0.2) is 0 Å². The summed E-state index contributed by atoms with van der Waals surface area (Å²) >= 11 is 0. The molecule has 1 rings (SSSR count). The predicted octanol–water partition coefficient (Wildman–Crippen LogP) is 3.55. The van der Waals surface area contributed by atoms with Crippen LogP contribution >= 0.6 is 7.26 Å². The fourth-order valence-corrected chi connectivity index (χ4v) is 2.59. The van der Waals surface area contributed by atoms with Gasteiger partial charge >= 0.3 is 0 Å². The second kappa shape index (κ2) is 5.92. The highest BCUT2D eigenvalue weighted by Crippen LogP contribution is 2.52. The number of ether oxygens (including phenoxy) is 1. The summed E-state index contributed by atoms with van der Waals surface area (Å²) in [6.07, 6.45) is 0. The zero-order valence-corrected chi connectivity index (χ0v) is 13.9. The minimum absolute atomic E-state index is 0.0633. The van der Waals surface area contributed by atoms with E-state index in [1.165, 1.54) is 0 Å². The summed E-state index contributed by atoms with van der Waals surface area (Å²) in [5.74, 6) is 0.932. The van der Waals surface area contributed by atoms with Crippen LogP contribution in [0, 0.1) is 13.8 Å². The summed E-state index contributed by atoms with van der Waals surface area (Å²) in [4.78, 5) is 12.3. The number of rotatable bonds is 4. The summed E-state index contributed by atoms with van der Waals surface area (Å²) < 4.78 is 5.23. The lowest BCUT2D eigenvalue weighted by molar-refractivity contribution is -0.115. The Morgan fingerprint density at radius 1 is 1.21 bits per heavy atom. The van der Waals surface area contributed by atoms with Crippen molar-refractivity contribution in [3.05, 3.63) is 23.3 Å². The van der Waals surface area contributed by atoms with E-state index < -0.39 is 7.26 Å². The lowest BCUT2D eigenvalue weighted by Crippen LogP contribution is -2.27. The molecule has 0 aromatic heterocycles. The third kappa shape index (κ3) is 3.94. The number of nitrogens with one attached hydrogen (secondary N) is 1. The topological polar surface area (TPSA) is 38.3 Å². The average Bonchev–Trinajstić information content (AvgIpc) is 2.30. The van der Waals surface area contributed by atoms with Gasteiger partial charge in [0.25, 0.3) is 5.91 Å². The molecule has 1 aromatic rings. The van der Waals surface area contributed by atoms with Gasteiger partial charge in [-0.25, -0.2) is 0 Å². The first-order valence-corrected chi connectivity index (χ1v) is 9.64. The van der Waals surface area contributed by atoms with Crippen LogP contribution in [0.1, 0.15) is 18.1 Å². The summed E-state index contributed by atoms with van der Waals surface area (Å²) in [7, 11) is 0.469. The fraction of sp³-hybridized carbons (Fsp3) is 0.533. The third-order valence-electron chi connectivity index (χ3n) is 3.53. The van der Waals surface area contributed by atoms with Crippen LogP contribution < -0.4 is 10.1 Å². The van der Waals surface area contributed by atoms with Crippen molar-refractivity contribution < 1.29 is 9.53 Å².